The Hall–Kier alpha value is -1.59. The summed E-state index contributed by atoms with van der Waals surface area (Å²) in [5.74, 6) is 0.899. The van der Waals surface area contributed by atoms with Crippen molar-refractivity contribution in [1.29, 1.82) is 0 Å². The largest absolute Gasteiger partial charge is 0.396 e. The van der Waals surface area contributed by atoms with Gasteiger partial charge >= 0.3 is 0 Å². The third kappa shape index (κ3) is 6.78. The molecule has 1 heterocycles. The molecule has 158 valence electrons. The molecule has 3 N–H and O–H groups in total. The Morgan fingerprint density at radius 3 is 2.57 bits per heavy atom. The number of guanidine groups is 1. The lowest BCUT2D eigenvalue weighted by atomic mass is 9.79. The van der Waals surface area contributed by atoms with Crippen molar-refractivity contribution in [1.82, 2.24) is 15.5 Å². The highest BCUT2D eigenvalue weighted by Gasteiger charge is 2.25. The highest BCUT2D eigenvalue weighted by molar-refractivity contribution is 5.79. The number of hydrogen-bond acceptors (Lipinski definition) is 3. The maximum atomic E-state index is 9.41. The Morgan fingerprint density at radius 2 is 1.89 bits per heavy atom. The molecule has 0 aliphatic carbocycles. The number of nitrogens with one attached hydrogen (secondary N) is 2. The number of rotatable bonds is 11. The molecule has 5 heteroatoms. The van der Waals surface area contributed by atoms with Crippen molar-refractivity contribution in [3.63, 3.8) is 0 Å². The van der Waals surface area contributed by atoms with Crippen LogP contribution in [0.15, 0.2) is 29.3 Å². The van der Waals surface area contributed by atoms with E-state index in [1.165, 1.54) is 11.1 Å². The quantitative estimate of drug-likeness (QED) is 0.310. The molecule has 1 aromatic carbocycles. The van der Waals surface area contributed by atoms with Gasteiger partial charge in [-0.25, -0.2) is 0 Å². The van der Waals surface area contributed by atoms with Gasteiger partial charge in [-0.1, -0.05) is 38.1 Å². The number of aliphatic imine (C=N–C) groups is 1. The van der Waals surface area contributed by atoms with Gasteiger partial charge in [0.15, 0.2) is 5.96 Å². The Kier molecular flexibility index (Phi) is 9.79. The van der Waals surface area contributed by atoms with Crippen molar-refractivity contribution < 1.29 is 5.11 Å². The number of hydrogen-bond donors (Lipinski definition) is 3. The second-order valence-electron chi connectivity index (χ2n) is 7.95. The molecule has 5 nitrogen and oxygen atoms in total. The molecule has 28 heavy (non-hydrogen) atoms. The first kappa shape index (κ1) is 22.7. The number of aliphatic hydroxyl groups excluding tert-OH is 1. The summed E-state index contributed by atoms with van der Waals surface area (Å²) < 4.78 is 0. The molecule has 1 aliphatic heterocycles. The summed E-state index contributed by atoms with van der Waals surface area (Å²) >= 11 is 0. The summed E-state index contributed by atoms with van der Waals surface area (Å²) in [6, 6.07) is 8.81. The Morgan fingerprint density at radius 1 is 1.14 bits per heavy atom. The summed E-state index contributed by atoms with van der Waals surface area (Å²) in [4.78, 5) is 7.38. The third-order valence-corrected chi connectivity index (χ3v) is 6.21. The fraction of sp³-hybridized carbons (Fsp3) is 0.696. The third-order valence-electron chi connectivity index (χ3n) is 6.21. The van der Waals surface area contributed by atoms with Crippen LogP contribution in [-0.2, 0) is 13.0 Å². The van der Waals surface area contributed by atoms with Crippen LogP contribution in [0.25, 0.3) is 0 Å². The lowest BCUT2D eigenvalue weighted by molar-refractivity contribution is 0.175. The van der Waals surface area contributed by atoms with Crippen LogP contribution in [0.4, 0.5) is 0 Å². The number of benzene rings is 1. The molecule has 0 aromatic heterocycles. The van der Waals surface area contributed by atoms with Gasteiger partial charge in [0, 0.05) is 45.9 Å². The minimum Gasteiger partial charge on any atom is -0.396 e. The molecule has 0 spiro atoms. The first-order valence-corrected chi connectivity index (χ1v) is 11.1. The first-order valence-electron chi connectivity index (χ1n) is 11.1. The van der Waals surface area contributed by atoms with E-state index in [0.717, 1.165) is 77.3 Å². The normalized spacial score (nSPS) is 15.4. The molecule has 0 radical (unpaired) electrons. The fourth-order valence-corrected chi connectivity index (χ4v) is 3.99. The van der Waals surface area contributed by atoms with Crippen LogP contribution in [0.5, 0.6) is 0 Å². The predicted molar refractivity (Wildman–Crippen MR) is 119 cm³/mol. The minimum atomic E-state index is 0.109. The van der Waals surface area contributed by atoms with Crippen molar-refractivity contribution in [2.75, 3.05) is 39.3 Å². The van der Waals surface area contributed by atoms with Crippen molar-refractivity contribution in [2.45, 2.75) is 59.4 Å². The first-order chi connectivity index (χ1) is 13.7. The van der Waals surface area contributed by atoms with Crippen LogP contribution in [0, 0.1) is 5.41 Å². The second-order valence-corrected chi connectivity index (χ2v) is 7.95. The van der Waals surface area contributed by atoms with Crippen LogP contribution >= 0.6 is 0 Å². The maximum absolute atomic E-state index is 9.41. The van der Waals surface area contributed by atoms with E-state index < -0.39 is 0 Å². The summed E-state index contributed by atoms with van der Waals surface area (Å²) in [6.45, 7) is 12.6. The lowest BCUT2D eigenvalue weighted by Gasteiger charge is -2.30. The topological polar surface area (TPSA) is 59.9 Å². The van der Waals surface area contributed by atoms with E-state index in [-0.39, 0.29) is 12.0 Å². The molecular weight excluding hydrogens is 348 g/mol. The molecular formula is C23H40N4O. The van der Waals surface area contributed by atoms with Gasteiger partial charge in [0.05, 0.1) is 0 Å². The van der Waals surface area contributed by atoms with Crippen LogP contribution in [-0.4, -0.2) is 55.3 Å². The van der Waals surface area contributed by atoms with Gasteiger partial charge < -0.3 is 15.7 Å². The molecule has 0 fully saturated rings. The van der Waals surface area contributed by atoms with E-state index >= 15 is 0 Å². The smallest absolute Gasteiger partial charge is 0.191 e. The average Bonchev–Trinajstić information content (AvgIpc) is 2.74. The van der Waals surface area contributed by atoms with Crippen LogP contribution in [0.2, 0.25) is 0 Å². The van der Waals surface area contributed by atoms with E-state index in [9.17, 15) is 5.11 Å². The Labute approximate surface area is 171 Å². The van der Waals surface area contributed by atoms with Crippen molar-refractivity contribution in [3.8, 4) is 0 Å². The van der Waals surface area contributed by atoms with Gasteiger partial charge in [-0.05, 0) is 55.6 Å². The summed E-state index contributed by atoms with van der Waals surface area (Å²) in [6.07, 6.45) is 5.18. The van der Waals surface area contributed by atoms with Crippen LogP contribution in [0.3, 0.4) is 0 Å². The molecule has 1 aliphatic rings. The highest BCUT2D eigenvalue weighted by atomic mass is 16.3. The Balaban J connectivity index is 1.78. The molecule has 1 aromatic rings. The van der Waals surface area contributed by atoms with Crippen LogP contribution in [0.1, 0.15) is 57.6 Å². The molecule has 0 saturated carbocycles. The number of aliphatic hydroxyl groups is 1. The van der Waals surface area contributed by atoms with Gasteiger partial charge in [-0.15, -0.1) is 0 Å². The predicted octanol–water partition coefficient (Wildman–Crippen LogP) is 3.18. The average molecular weight is 389 g/mol. The molecule has 2 rings (SSSR count). The zero-order valence-corrected chi connectivity index (χ0v) is 18.1. The molecule has 0 amide bonds. The fourth-order valence-electron chi connectivity index (χ4n) is 3.99. The monoisotopic (exact) mass is 388 g/mol. The Bertz CT molecular complexity index is 598. The molecule has 0 bridgehead atoms. The molecule has 0 unspecified atom stereocenters. The maximum Gasteiger partial charge on any atom is 0.191 e. The summed E-state index contributed by atoms with van der Waals surface area (Å²) in [5, 5.41) is 16.3. The standard InChI is InChI=1S/C23H40N4O/c1-4-23(5-2,13-17-28)19-26-22(24-6-3)25-14-9-15-27-16-12-20-10-7-8-11-21(20)18-27/h7-8,10-11,28H,4-6,9,12-19H2,1-3H3,(H2,24,25,26). The van der Waals surface area contributed by atoms with Gasteiger partial charge in [0.2, 0.25) is 0 Å². The second kappa shape index (κ2) is 12.1. The van der Waals surface area contributed by atoms with E-state index in [4.69, 9.17) is 4.99 Å². The van der Waals surface area contributed by atoms with Gasteiger partial charge in [0.25, 0.3) is 0 Å². The van der Waals surface area contributed by atoms with Crippen molar-refractivity contribution in [2.24, 2.45) is 10.4 Å². The van der Waals surface area contributed by atoms with E-state index in [1.807, 2.05) is 0 Å². The lowest BCUT2D eigenvalue weighted by Crippen LogP contribution is -2.40. The van der Waals surface area contributed by atoms with Gasteiger partial charge in [0.1, 0.15) is 0 Å². The minimum absolute atomic E-state index is 0.109. The van der Waals surface area contributed by atoms with Crippen molar-refractivity contribution in [3.05, 3.63) is 35.4 Å². The molecule has 0 saturated heterocycles. The number of fused-ring (bicyclic) bond motifs is 1. The van der Waals surface area contributed by atoms with Gasteiger partial charge in [-0.3, -0.25) is 9.89 Å². The summed E-state index contributed by atoms with van der Waals surface area (Å²) in [7, 11) is 0. The van der Waals surface area contributed by atoms with E-state index in [0.29, 0.717) is 0 Å². The van der Waals surface area contributed by atoms with Crippen LogP contribution < -0.4 is 10.6 Å². The van der Waals surface area contributed by atoms with Crippen molar-refractivity contribution >= 4 is 5.96 Å². The number of nitrogens with zero attached hydrogens (tertiary/aromatic N) is 2. The molecule has 0 atom stereocenters. The summed E-state index contributed by atoms with van der Waals surface area (Å²) in [5.41, 5.74) is 3.10. The van der Waals surface area contributed by atoms with Gasteiger partial charge in [-0.2, -0.15) is 0 Å². The highest BCUT2D eigenvalue weighted by Crippen LogP contribution is 2.30. The zero-order chi connectivity index (χ0) is 20.2. The SMILES string of the molecule is CCNC(=NCC(CC)(CC)CCO)NCCCN1CCc2ccccc2C1. The van der Waals surface area contributed by atoms with E-state index in [1.54, 1.807) is 0 Å². The zero-order valence-electron chi connectivity index (χ0n) is 18.1. The van der Waals surface area contributed by atoms with E-state index in [2.05, 4.69) is 60.6 Å².